The molecule has 1 saturated heterocycles. The van der Waals surface area contributed by atoms with Crippen molar-refractivity contribution in [3.05, 3.63) is 0 Å². The molecule has 1 saturated carbocycles. The topological polar surface area (TPSA) is 75.7 Å². The fraction of sp³-hybridized carbons (Fsp3) is 0.842. The molecule has 2 rings (SSSR count). The Labute approximate surface area is 150 Å². The summed E-state index contributed by atoms with van der Waals surface area (Å²) in [5.74, 6) is 0.258. The molecule has 0 spiro atoms. The Morgan fingerprint density at radius 2 is 2.00 bits per heavy atom. The van der Waals surface area contributed by atoms with Gasteiger partial charge in [-0.1, -0.05) is 40.5 Å². The van der Waals surface area contributed by atoms with Gasteiger partial charge in [-0.05, 0) is 24.2 Å². The van der Waals surface area contributed by atoms with Gasteiger partial charge in [-0.2, -0.15) is 0 Å². The van der Waals surface area contributed by atoms with Crippen LogP contribution in [0.25, 0.3) is 0 Å². The normalized spacial score (nSPS) is 29.8. The Morgan fingerprint density at radius 1 is 1.28 bits per heavy atom. The number of nitrogens with one attached hydrogen (secondary N) is 1. The molecule has 142 valence electrons. The van der Waals surface area contributed by atoms with Crippen molar-refractivity contribution in [1.29, 1.82) is 0 Å². The van der Waals surface area contributed by atoms with Crippen molar-refractivity contribution in [2.45, 2.75) is 59.4 Å². The highest BCUT2D eigenvalue weighted by Gasteiger charge is 2.42. The quantitative estimate of drug-likeness (QED) is 0.742. The van der Waals surface area contributed by atoms with Crippen LogP contribution in [0.5, 0.6) is 0 Å². The van der Waals surface area contributed by atoms with E-state index in [0.717, 1.165) is 12.8 Å². The molecule has 1 N–H and O–H groups in total. The maximum atomic E-state index is 12.4. The van der Waals surface area contributed by atoms with E-state index in [1.54, 1.807) is 0 Å². The second kappa shape index (κ2) is 8.68. The molecule has 1 heterocycles. The highest BCUT2D eigenvalue weighted by molar-refractivity contribution is 5.88. The Kier molecular flexibility index (Phi) is 6.85. The molecule has 0 aromatic heterocycles. The average Bonchev–Trinajstić information content (AvgIpc) is 2.95. The largest absolute Gasteiger partial charge is 0.455 e. The number of hydrogen-bond acceptors (Lipinski definition) is 4. The molecule has 25 heavy (non-hydrogen) atoms. The van der Waals surface area contributed by atoms with Gasteiger partial charge in [-0.25, -0.2) is 0 Å². The zero-order valence-corrected chi connectivity index (χ0v) is 15.9. The van der Waals surface area contributed by atoms with Crippen LogP contribution in [0.4, 0.5) is 0 Å². The lowest BCUT2D eigenvalue weighted by Crippen LogP contribution is -2.45. The Bertz CT molecular complexity index is 506. The molecule has 2 fully saturated rings. The third kappa shape index (κ3) is 5.19. The van der Waals surface area contributed by atoms with Gasteiger partial charge in [0, 0.05) is 25.6 Å². The first-order valence-electron chi connectivity index (χ1n) is 9.52. The third-order valence-corrected chi connectivity index (χ3v) is 5.61. The molecule has 6 heteroatoms. The number of carbonyl (C=O) groups is 3. The smallest absolute Gasteiger partial charge is 0.311 e. The summed E-state index contributed by atoms with van der Waals surface area (Å²) in [5.41, 5.74) is 0. The van der Waals surface area contributed by atoms with E-state index in [1.165, 1.54) is 6.42 Å². The second-order valence-electron chi connectivity index (χ2n) is 8.09. The third-order valence-electron chi connectivity index (χ3n) is 5.61. The standard InChI is InChI=1S/C19H32N2O4/c1-12(2)9-20-17(22)11-25-19(24)15-8-18(23)21(10-15)16-7-5-6-13(3)14(16)4/h12-16H,5-11H2,1-4H3,(H,20,22)/t13-,14-,15-,16-/m1/s1. The molecule has 1 aliphatic heterocycles. The molecule has 6 nitrogen and oxygen atoms in total. The molecule has 0 radical (unpaired) electrons. The number of rotatable bonds is 6. The summed E-state index contributed by atoms with van der Waals surface area (Å²) < 4.78 is 5.12. The van der Waals surface area contributed by atoms with E-state index < -0.39 is 11.9 Å². The van der Waals surface area contributed by atoms with Gasteiger partial charge in [0.2, 0.25) is 5.91 Å². The fourth-order valence-corrected chi connectivity index (χ4v) is 3.83. The second-order valence-corrected chi connectivity index (χ2v) is 8.09. The van der Waals surface area contributed by atoms with Gasteiger partial charge in [0.25, 0.3) is 5.91 Å². The first kappa shape index (κ1) is 19.7. The number of hydrogen-bond donors (Lipinski definition) is 1. The average molecular weight is 352 g/mol. The van der Waals surface area contributed by atoms with E-state index in [2.05, 4.69) is 19.2 Å². The first-order chi connectivity index (χ1) is 11.8. The molecular weight excluding hydrogens is 320 g/mol. The number of amides is 2. The predicted molar refractivity (Wildman–Crippen MR) is 94.6 cm³/mol. The van der Waals surface area contributed by atoms with E-state index >= 15 is 0 Å². The van der Waals surface area contributed by atoms with Crippen molar-refractivity contribution in [3.63, 3.8) is 0 Å². The number of esters is 1. The van der Waals surface area contributed by atoms with Crippen molar-refractivity contribution in [1.82, 2.24) is 10.2 Å². The van der Waals surface area contributed by atoms with E-state index in [9.17, 15) is 14.4 Å². The van der Waals surface area contributed by atoms with Gasteiger partial charge in [0.05, 0.1) is 5.92 Å². The highest BCUT2D eigenvalue weighted by atomic mass is 16.5. The summed E-state index contributed by atoms with van der Waals surface area (Å²) >= 11 is 0. The molecule has 0 aromatic rings. The van der Waals surface area contributed by atoms with Gasteiger partial charge >= 0.3 is 5.97 Å². The van der Waals surface area contributed by atoms with Crippen LogP contribution in [0.15, 0.2) is 0 Å². The van der Waals surface area contributed by atoms with Crippen LogP contribution in [-0.2, 0) is 19.1 Å². The Hall–Kier alpha value is -1.59. The van der Waals surface area contributed by atoms with Gasteiger partial charge in [0.15, 0.2) is 6.61 Å². The minimum atomic E-state index is -0.449. The van der Waals surface area contributed by atoms with E-state index in [4.69, 9.17) is 4.74 Å². The predicted octanol–water partition coefficient (Wildman–Crippen LogP) is 1.97. The van der Waals surface area contributed by atoms with Crippen LogP contribution >= 0.6 is 0 Å². The van der Waals surface area contributed by atoms with Crippen LogP contribution in [0.3, 0.4) is 0 Å². The van der Waals surface area contributed by atoms with E-state index in [0.29, 0.717) is 30.8 Å². The highest BCUT2D eigenvalue weighted by Crippen LogP contribution is 2.35. The van der Waals surface area contributed by atoms with Crippen LogP contribution < -0.4 is 5.32 Å². The number of ether oxygens (including phenoxy) is 1. The molecule has 0 unspecified atom stereocenters. The Balaban J connectivity index is 1.83. The lowest BCUT2D eigenvalue weighted by atomic mass is 9.77. The van der Waals surface area contributed by atoms with Gasteiger partial charge < -0.3 is 15.0 Å². The van der Waals surface area contributed by atoms with Crippen molar-refractivity contribution in [3.8, 4) is 0 Å². The zero-order chi connectivity index (χ0) is 18.6. The van der Waals surface area contributed by atoms with Crippen LogP contribution in [0.1, 0.15) is 53.4 Å². The molecule has 0 aromatic carbocycles. The molecule has 4 atom stereocenters. The minimum absolute atomic E-state index is 0.0390. The lowest BCUT2D eigenvalue weighted by Gasteiger charge is -2.39. The minimum Gasteiger partial charge on any atom is -0.455 e. The van der Waals surface area contributed by atoms with E-state index in [-0.39, 0.29) is 30.9 Å². The molecule has 0 bridgehead atoms. The molecule has 1 aliphatic carbocycles. The van der Waals surface area contributed by atoms with Crippen LogP contribution in [0, 0.1) is 23.7 Å². The maximum absolute atomic E-state index is 12.4. The van der Waals surface area contributed by atoms with Crippen molar-refractivity contribution < 1.29 is 19.1 Å². The van der Waals surface area contributed by atoms with Crippen molar-refractivity contribution >= 4 is 17.8 Å². The maximum Gasteiger partial charge on any atom is 0.311 e. The van der Waals surface area contributed by atoms with Gasteiger partial charge in [0.1, 0.15) is 0 Å². The fourth-order valence-electron chi connectivity index (χ4n) is 3.83. The molecule has 2 amide bonds. The van der Waals surface area contributed by atoms with Crippen molar-refractivity contribution in [2.24, 2.45) is 23.7 Å². The summed E-state index contributed by atoms with van der Waals surface area (Å²) in [5, 5.41) is 2.71. The van der Waals surface area contributed by atoms with Gasteiger partial charge in [-0.15, -0.1) is 0 Å². The van der Waals surface area contributed by atoms with Gasteiger partial charge in [-0.3, -0.25) is 14.4 Å². The van der Waals surface area contributed by atoms with Crippen LogP contribution in [0.2, 0.25) is 0 Å². The molecule has 2 aliphatic rings. The number of likely N-dealkylation sites (tertiary alicyclic amines) is 1. The number of carbonyl (C=O) groups excluding carboxylic acids is 3. The summed E-state index contributed by atoms with van der Waals surface area (Å²) in [6.45, 7) is 9.14. The lowest BCUT2D eigenvalue weighted by molar-refractivity contribution is -0.152. The zero-order valence-electron chi connectivity index (χ0n) is 15.9. The monoisotopic (exact) mass is 352 g/mol. The Morgan fingerprint density at radius 3 is 2.68 bits per heavy atom. The summed E-state index contributed by atoms with van der Waals surface area (Å²) in [7, 11) is 0. The molecular formula is C19H32N2O4. The van der Waals surface area contributed by atoms with E-state index in [1.807, 2.05) is 18.7 Å². The summed E-state index contributed by atoms with van der Waals surface area (Å²) in [6, 6.07) is 0.225. The summed E-state index contributed by atoms with van der Waals surface area (Å²) in [6.07, 6.45) is 3.54. The van der Waals surface area contributed by atoms with Crippen molar-refractivity contribution in [2.75, 3.05) is 19.7 Å². The SMILES string of the molecule is CC(C)CNC(=O)COC(=O)[C@@H]1CC(=O)N([C@@H]2CCC[C@@H](C)[C@H]2C)C1. The number of nitrogens with zero attached hydrogens (tertiary/aromatic N) is 1. The first-order valence-corrected chi connectivity index (χ1v) is 9.52. The van der Waals surface area contributed by atoms with Crippen LogP contribution in [-0.4, -0.2) is 48.4 Å². The summed E-state index contributed by atoms with van der Waals surface area (Å²) in [4.78, 5) is 38.2.